The number of carbonyl (C=O) groups excluding carboxylic acids is 2. The van der Waals surface area contributed by atoms with Gasteiger partial charge in [0.15, 0.2) is 0 Å². The highest BCUT2D eigenvalue weighted by Gasteiger charge is 2.31. The first-order chi connectivity index (χ1) is 9.73. The summed E-state index contributed by atoms with van der Waals surface area (Å²) in [5.41, 5.74) is 0.281. The number of ether oxygens (including phenoxy) is 1. The van der Waals surface area contributed by atoms with Crippen LogP contribution < -0.4 is 5.32 Å². The van der Waals surface area contributed by atoms with Crippen LogP contribution in [0.1, 0.15) is 59.8 Å². The average molecular weight is 297 g/mol. The summed E-state index contributed by atoms with van der Waals surface area (Å²) in [6.07, 6.45) is 4.20. The Morgan fingerprint density at radius 2 is 2.10 bits per heavy atom. The van der Waals surface area contributed by atoms with Crippen molar-refractivity contribution in [2.24, 2.45) is 17.3 Å². The SMILES string of the molecule is COC(=O)[C@H](C[C@@H]1CCCC1=O)NC[C@@H](C)CC(C)(C)C. The molecule has 0 saturated heterocycles. The van der Waals surface area contributed by atoms with Gasteiger partial charge in [-0.2, -0.15) is 0 Å². The Hall–Kier alpha value is -0.900. The lowest BCUT2D eigenvalue weighted by molar-refractivity contribution is -0.143. The van der Waals surface area contributed by atoms with Crippen LogP contribution in [-0.2, 0) is 14.3 Å². The van der Waals surface area contributed by atoms with Crippen LogP contribution in [0.15, 0.2) is 0 Å². The van der Waals surface area contributed by atoms with E-state index < -0.39 is 0 Å². The number of hydrogen-bond donors (Lipinski definition) is 1. The van der Waals surface area contributed by atoms with E-state index in [4.69, 9.17) is 4.74 Å². The summed E-state index contributed by atoms with van der Waals surface area (Å²) in [4.78, 5) is 23.7. The molecule has 4 heteroatoms. The van der Waals surface area contributed by atoms with Gasteiger partial charge in [-0.15, -0.1) is 0 Å². The highest BCUT2D eigenvalue weighted by Crippen LogP contribution is 2.26. The minimum Gasteiger partial charge on any atom is -0.468 e. The van der Waals surface area contributed by atoms with Gasteiger partial charge < -0.3 is 10.1 Å². The molecule has 1 fully saturated rings. The van der Waals surface area contributed by atoms with Crippen molar-refractivity contribution in [3.05, 3.63) is 0 Å². The highest BCUT2D eigenvalue weighted by atomic mass is 16.5. The molecule has 3 atom stereocenters. The van der Waals surface area contributed by atoms with Crippen LogP contribution in [0.25, 0.3) is 0 Å². The van der Waals surface area contributed by atoms with Crippen LogP contribution in [0.5, 0.6) is 0 Å². The maximum atomic E-state index is 11.9. The molecule has 1 aliphatic carbocycles. The summed E-state index contributed by atoms with van der Waals surface area (Å²) < 4.78 is 4.88. The van der Waals surface area contributed by atoms with Gasteiger partial charge in [0.25, 0.3) is 0 Å². The first kappa shape index (κ1) is 18.1. The van der Waals surface area contributed by atoms with Gasteiger partial charge in [-0.3, -0.25) is 9.59 Å². The Balaban J connectivity index is 2.50. The van der Waals surface area contributed by atoms with E-state index >= 15 is 0 Å². The minimum absolute atomic E-state index is 0.0273. The fourth-order valence-corrected chi connectivity index (χ4v) is 3.29. The summed E-state index contributed by atoms with van der Waals surface area (Å²) in [6, 6.07) is -0.357. The summed E-state index contributed by atoms with van der Waals surface area (Å²) >= 11 is 0. The van der Waals surface area contributed by atoms with E-state index in [-0.39, 0.29) is 23.3 Å². The number of hydrogen-bond acceptors (Lipinski definition) is 4. The van der Waals surface area contributed by atoms with Crippen LogP contribution in [-0.4, -0.2) is 31.4 Å². The van der Waals surface area contributed by atoms with Crippen LogP contribution in [0.4, 0.5) is 0 Å². The third-order valence-electron chi connectivity index (χ3n) is 4.11. The molecule has 122 valence electrons. The number of carbonyl (C=O) groups is 2. The third kappa shape index (κ3) is 6.60. The van der Waals surface area contributed by atoms with E-state index in [1.807, 2.05) is 0 Å². The predicted octanol–water partition coefficient (Wildman–Crippen LogP) is 2.95. The molecule has 21 heavy (non-hydrogen) atoms. The van der Waals surface area contributed by atoms with Crippen LogP contribution in [0, 0.1) is 17.3 Å². The van der Waals surface area contributed by atoms with Crippen LogP contribution in [0.2, 0.25) is 0 Å². The van der Waals surface area contributed by atoms with Crippen molar-refractivity contribution >= 4 is 11.8 Å². The first-order valence-electron chi connectivity index (χ1n) is 8.07. The Labute approximate surface area is 129 Å². The van der Waals surface area contributed by atoms with Crippen LogP contribution >= 0.6 is 0 Å². The highest BCUT2D eigenvalue weighted by molar-refractivity contribution is 5.84. The van der Waals surface area contributed by atoms with Crippen molar-refractivity contribution in [1.82, 2.24) is 5.32 Å². The van der Waals surface area contributed by atoms with E-state index in [0.717, 1.165) is 25.8 Å². The van der Waals surface area contributed by atoms with Crippen molar-refractivity contribution in [2.45, 2.75) is 65.8 Å². The zero-order valence-corrected chi connectivity index (χ0v) is 14.2. The monoisotopic (exact) mass is 297 g/mol. The Bertz CT molecular complexity index is 360. The molecule has 0 aromatic rings. The van der Waals surface area contributed by atoms with Crippen molar-refractivity contribution < 1.29 is 14.3 Å². The topological polar surface area (TPSA) is 55.4 Å². The van der Waals surface area contributed by atoms with E-state index in [1.165, 1.54) is 7.11 Å². The predicted molar refractivity (Wildman–Crippen MR) is 84.0 cm³/mol. The molecule has 0 radical (unpaired) electrons. The molecule has 0 amide bonds. The second-order valence-corrected chi connectivity index (χ2v) is 7.65. The van der Waals surface area contributed by atoms with Gasteiger partial charge in [0.1, 0.15) is 11.8 Å². The quantitative estimate of drug-likeness (QED) is 0.734. The summed E-state index contributed by atoms with van der Waals surface area (Å²) in [5.74, 6) is 0.557. The lowest BCUT2D eigenvalue weighted by atomic mass is 9.85. The van der Waals surface area contributed by atoms with Gasteiger partial charge in [0.05, 0.1) is 7.11 Å². The van der Waals surface area contributed by atoms with E-state index in [1.54, 1.807) is 0 Å². The molecule has 0 heterocycles. The maximum absolute atomic E-state index is 11.9. The van der Waals surface area contributed by atoms with Gasteiger partial charge in [-0.05, 0) is 43.6 Å². The number of rotatable bonds is 7. The van der Waals surface area contributed by atoms with Gasteiger partial charge in [0, 0.05) is 12.3 Å². The molecular formula is C17H31NO3. The summed E-state index contributed by atoms with van der Waals surface area (Å²) in [7, 11) is 1.41. The Morgan fingerprint density at radius 1 is 1.43 bits per heavy atom. The van der Waals surface area contributed by atoms with Crippen molar-refractivity contribution in [3.63, 3.8) is 0 Å². The molecule has 1 aliphatic rings. The molecule has 4 nitrogen and oxygen atoms in total. The van der Waals surface area contributed by atoms with E-state index in [2.05, 4.69) is 33.0 Å². The Morgan fingerprint density at radius 3 is 2.57 bits per heavy atom. The molecule has 1 N–H and O–H groups in total. The average Bonchev–Trinajstić information content (AvgIpc) is 2.77. The molecule has 1 rings (SSSR count). The molecule has 0 aromatic heterocycles. The zero-order valence-electron chi connectivity index (χ0n) is 14.2. The molecular weight excluding hydrogens is 266 g/mol. The molecule has 0 bridgehead atoms. The Kier molecular flexibility index (Phi) is 6.85. The van der Waals surface area contributed by atoms with Crippen molar-refractivity contribution in [1.29, 1.82) is 0 Å². The first-order valence-corrected chi connectivity index (χ1v) is 8.07. The summed E-state index contributed by atoms with van der Waals surface area (Å²) in [5, 5.41) is 3.31. The van der Waals surface area contributed by atoms with Crippen LogP contribution in [0.3, 0.4) is 0 Å². The minimum atomic E-state index is -0.357. The number of Topliss-reactive ketones (excluding diaryl/α,β-unsaturated/α-hetero) is 1. The third-order valence-corrected chi connectivity index (χ3v) is 4.11. The number of esters is 1. The number of methoxy groups -OCH3 is 1. The molecule has 0 aliphatic heterocycles. The smallest absolute Gasteiger partial charge is 0.322 e. The van der Waals surface area contributed by atoms with Gasteiger partial charge in [-0.1, -0.05) is 27.7 Å². The van der Waals surface area contributed by atoms with Crippen molar-refractivity contribution in [3.8, 4) is 0 Å². The number of ketones is 1. The molecule has 0 aromatic carbocycles. The zero-order chi connectivity index (χ0) is 16.0. The van der Waals surface area contributed by atoms with Gasteiger partial charge in [-0.25, -0.2) is 0 Å². The number of nitrogens with one attached hydrogen (secondary N) is 1. The summed E-state index contributed by atoms with van der Waals surface area (Å²) in [6.45, 7) is 9.63. The second kappa shape index (κ2) is 7.92. The van der Waals surface area contributed by atoms with Crippen molar-refractivity contribution in [2.75, 3.05) is 13.7 Å². The largest absolute Gasteiger partial charge is 0.468 e. The lowest BCUT2D eigenvalue weighted by Gasteiger charge is -2.26. The normalized spacial score (nSPS) is 22.1. The van der Waals surface area contributed by atoms with Gasteiger partial charge in [0.2, 0.25) is 0 Å². The second-order valence-electron chi connectivity index (χ2n) is 7.65. The van der Waals surface area contributed by atoms with E-state index in [0.29, 0.717) is 24.5 Å². The lowest BCUT2D eigenvalue weighted by Crippen LogP contribution is -2.42. The molecule has 0 unspecified atom stereocenters. The van der Waals surface area contributed by atoms with E-state index in [9.17, 15) is 9.59 Å². The maximum Gasteiger partial charge on any atom is 0.322 e. The molecule has 1 saturated carbocycles. The molecule has 0 spiro atoms. The van der Waals surface area contributed by atoms with Gasteiger partial charge >= 0.3 is 5.97 Å². The standard InChI is InChI=1S/C17H31NO3/c1-12(10-17(2,3)4)11-18-14(16(20)21-5)9-13-7-6-8-15(13)19/h12-14,18H,6-11H2,1-5H3/t12-,13-,14-/m0/s1. The fraction of sp³-hybridized carbons (Fsp3) is 0.882. The fourth-order valence-electron chi connectivity index (χ4n) is 3.29.